The van der Waals surface area contributed by atoms with Crippen LogP contribution < -0.4 is 4.74 Å². The number of halogens is 3. The molecule has 1 heterocycles. The summed E-state index contributed by atoms with van der Waals surface area (Å²) in [5.41, 5.74) is -0.544. The van der Waals surface area contributed by atoms with Crippen LogP contribution in [-0.2, 0) is 9.53 Å². The van der Waals surface area contributed by atoms with Crippen LogP contribution in [0, 0.1) is 23.6 Å². The normalized spacial score (nSPS) is 28.0. The van der Waals surface area contributed by atoms with E-state index in [1.54, 1.807) is 13.0 Å². The molecule has 3 nitrogen and oxygen atoms in total. The molecular formula is C23H29F3O3. The SMILES string of the molecule is CCOc1ccc(/C=C/C2CCC(C3CCC(C=O)CC3)OC2)c(F)c1C(F)F. The van der Waals surface area contributed by atoms with Crippen molar-refractivity contribution in [3.8, 4) is 5.75 Å². The van der Waals surface area contributed by atoms with Gasteiger partial charge in [0.25, 0.3) is 6.43 Å². The molecule has 1 saturated carbocycles. The number of hydrogen-bond acceptors (Lipinski definition) is 3. The predicted molar refractivity (Wildman–Crippen MR) is 106 cm³/mol. The zero-order chi connectivity index (χ0) is 20.8. The van der Waals surface area contributed by atoms with E-state index >= 15 is 0 Å². The van der Waals surface area contributed by atoms with Gasteiger partial charge in [0.15, 0.2) is 0 Å². The van der Waals surface area contributed by atoms with Gasteiger partial charge >= 0.3 is 0 Å². The molecule has 2 aliphatic rings. The molecule has 1 aromatic rings. The lowest BCUT2D eigenvalue weighted by molar-refractivity contribution is -0.113. The highest BCUT2D eigenvalue weighted by Crippen LogP contribution is 2.36. The summed E-state index contributed by atoms with van der Waals surface area (Å²) in [6, 6.07) is 2.87. The summed E-state index contributed by atoms with van der Waals surface area (Å²) < 4.78 is 52.3. The number of carbonyl (C=O) groups is 1. The molecule has 1 aromatic carbocycles. The van der Waals surface area contributed by atoms with E-state index in [1.165, 1.54) is 12.1 Å². The molecule has 2 unspecified atom stereocenters. The van der Waals surface area contributed by atoms with Gasteiger partial charge in [-0.25, -0.2) is 13.2 Å². The van der Waals surface area contributed by atoms with E-state index in [-0.39, 0.29) is 35.9 Å². The molecule has 0 bridgehead atoms. The summed E-state index contributed by atoms with van der Waals surface area (Å²) in [7, 11) is 0. The van der Waals surface area contributed by atoms with Gasteiger partial charge in [-0.3, -0.25) is 0 Å². The molecule has 29 heavy (non-hydrogen) atoms. The number of aldehydes is 1. The van der Waals surface area contributed by atoms with E-state index in [0.29, 0.717) is 12.5 Å². The van der Waals surface area contributed by atoms with Crippen LogP contribution in [0.3, 0.4) is 0 Å². The lowest BCUT2D eigenvalue weighted by Crippen LogP contribution is -2.33. The number of alkyl halides is 2. The smallest absolute Gasteiger partial charge is 0.270 e. The molecule has 0 aromatic heterocycles. The first-order chi connectivity index (χ1) is 14.0. The third-order valence-corrected chi connectivity index (χ3v) is 6.12. The van der Waals surface area contributed by atoms with Crippen molar-refractivity contribution in [3.63, 3.8) is 0 Å². The second kappa shape index (κ2) is 10.3. The molecule has 0 spiro atoms. The fraction of sp³-hybridized carbons (Fsp3) is 0.609. The molecule has 0 N–H and O–H groups in total. The van der Waals surface area contributed by atoms with E-state index in [0.717, 1.165) is 44.8 Å². The highest BCUT2D eigenvalue weighted by Gasteiger charge is 2.31. The molecule has 0 amide bonds. The summed E-state index contributed by atoms with van der Waals surface area (Å²) >= 11 is 0. The Bertz CT molecular complexity index is 704. The number of ether oxygens (including phenoxy) is 2. The van der Waals surface area contributed by atoms with Gasteiger partial charge in [-0.2, -0.15) is 0 Å². The molecular weight excluding hydrogens is 381 g/mol. The standard InChI is InChI=1S/C23H29F3O3/c1-2-28-20-12-10-18(22(24)21(20)23(25)26)9-5-16-6-11-19(29-14-16)17-7-3-15(13-27)4-8-17/h5,9-10,12-13,15-17,19,23H,2-4,6-8,11,14H2,1H3/b9-5+. The quantitative estimate of drug-likeness (QED) is 0.519. The van der Waals surface area contributed by atoms with Crippen LogP contribution in [0.2, 0.25) is 0 Å². The van der Waals surface area contributed by atoms with Gasteiger partial charge < -0.3 is 14.3 Å². The number of benzene rings is 1. The zero-order valence-electron chi connectivity index (χ0n) is 16.8. The summed E-state index contributed by atoms with van der Waals surface area (Å²) in [5, 5.41) is 0. The fourth-order valence-corrected chi connectivity index (χ4v) is 4.41. The van der Waals surface area contributed by atoms with Crippen molar-refractivity contribution in [1.29, 1.82) is 0 Å². The second-order valence-corrected chi connectivity index (χ2v) is 7.99. The monoisotopic (exact) mass is 410 g/mol. The Morgan fingerprint density at radius 2 is 1.86 bits per heavy atom. The Kier molecular flexibility index (Phi) is 7.76. The Labute approximate surface area is 170 Å². The maximum atomic E-state index is 14.6. The van der Waals surface area contributed by atoms with Gasteiger partial charge in [0.1, 0.15) is 17.9 Å². The molecule has 1 saturated heterocycles. The second-order valence-electron chi connectivity index (χ2n) is 7.99. The minimum Gasteiger partial charge on any atom is -0.493 e. The highest BCUT2D eigenvalue weighted by atomic mass is 19.3. The van der Waals surface area contributed by atoms with Crippen LogP contribution >= 0.6 is 0 Å². The fourth-order valence-electron chi connectivity index (χ4n) is 4.41. The zero-order valence-corrected chi connectivity index (χ0v) is 16.8. The van der Waals surface area contributed by atoms with Crippen LogP contribution in [0.1, 0.15) is 63.0 Å². The number of carbonyl (C=O) groups excluding carboxylic acids is 1. The molecule has 2 atom stereocenters. The van der Waals surface area contributed by atoms with Crippen molar-refractivity contribution in [2.24, 2.45) is 17.8 Å². The highest BCUT2D eigenvalue weighted by molar-refractivity contribution is 5.55. The van der Waals surface area contributed by atoms with Crippen LogP contribution in [0.25, 0.3) is 6.08 Å². The Morgan fingerprint density at radius 1 is 1.14 bits per heavy atom. The minimum atomic E-state index is -2.93. The van der Waals surface area contributed by atoms with Gasteiger partial charge in [-0.15, -0.1) is 0 Å². The van der Waals surface area contributed by atoms with E-state index in [1.807, 2.05) is 6.08 Å². The Balaban J connectivity index is 1.58. The van der Waals surface area contributed by atoms with Gasteiger partial charge in [0.2, 0.25) is 0 Å². The van der Waals surface area contributed by atoms with Crippen molar-refractivity contribution in [3.05, 3.63) is 35.2 Å². The van der Waals surface area contributed by atoms with Crippen molar-refractivity contribution in [1.82, 2.24) is 0 Å². The van der Waals surface area contributed by atoms with Crippen LogP contribution in [-0.4, -0.2) is 25.6 Å². The lowest BCUT2D eigenvalue weighted by Gasteiger charge is -2.36. The van der Waals surface area contributed by atoms with E-state index in [2.05, 4.69) is 0 Å². The number of rotatable bonds is 7. The Hall–Kier alpha value is -1.82. The summed E-state index contributed by atoms with van der Waals surface area (Å²) in [4.78, 5) is 10.9. The van der Waals surface area contributed by atoms with E-state index < -0.39 is 17.8 Å². The first-order valence-corrected chi connectivity index (χ1v) is 10.5. The molecule has 3 rings (SSSR count). The van der Waals surface area contributed by atoms with Crippen molar-refractivity contribution >= 4 is 12.4 Å². The summed E-state index contributed by atoms with van der Waals surface area (Å²) in [6.07, 6.45) is 7.59. The topological polar surface area (TPSA) is 35.5 Å². The average molecular weight is 410 g/mol. The van der Waals surface area contributed by atoms with Crippen molar-refractivity contribution in [2.45, 2.75) is 58.0 Å². The maximum Gasteiger partial charge on any atom is 0.270 e. The maximum absolute atomic E-state index is 14.6. The third-order valence-electron chi connectivity index (χ3n) is 6.12. The van der Waals surface area contributed by atoms with Crippen molar-refractivity contribution < 1.29 is 27.4 Å². The first-order valence-electron chi connectivity index (χ1n) is 10.5. The van der Waals surface area contributed by atoms with E-state index in [4.69, 9.17) is 9.47 Å². The van der Waals surface area contributed by atoms with Gasteiger partial charge in [-0.1, -0.05) is 12.2 Å². The lowest BCUT2D eigenvalue weighted by atomic mass is 9.77. The van der Waals surface area contributed by atoms with Crippen molar-refractivity contribution in [2.75, 3.05) is 13.2 Å². The van der Waals surface area contributed by atoms with Gasteiger partial charge in [-0.05, 0) is 63.5 Å². The number of hydrogen-bond donors (Lipinski definition) is 0. The average Bonchev–Trinajstić information content (AvgIpc) is 2.73. The third kappa shape index (κ3) is 5.41. The van der Waals surface area contributed by atoms with E-state index in [9.17, 15) is 18.0 Å². The van der Waals surface area contributed by atoms with Crippen LogP contribution in [0.15, 0.2) is 18.2 Å². The van der Waals surface area contributed by atoms with Crippen LogP contribution in [0.4, 0.5) is 13.2 Å². The predicted octanol–water partition coefficient (Wildman–Crippen LogP) is 5.98. The van der Waals surface area contributed by atoms with Crippen LogP contribution in [0.5, 0.6) is 5.75 Å². The minimum absolute atomic E-state index is 0.106. The largest absolute Gasteiger partial charge is 0.493 e. The molecule has 6 heteroatoms. The molecule has 160 valence electrons. The van der Waals surface area contributed by atoms with Gasteiger partial charge in [0, 0.05) is 17.4 Å². The summed E-state index contributed by atoms with van der Waals surface area (Å²) in [5.74, 6) is -0.187. The molecule has 2 fully saturated rings. The summed E-state index contributed by atoms with van der Waals surface area (Å²) in [6.45, 7) is 2.42. The molecule has 0 radical (unpaired) electrons. The molecule has 1 aliphatic heterocycles. The molecule has 1 aliphatic carbocycles. The first kappa shape index (κ1) is 21.9. The van der Waals surface area contributed by atoms with Gasteiger partial charge in [0.05, 0.1) is 24.9 Å². The Morgan fingerprint density at radius 3 is 2.45 bits per heavy atom.